The van der Waals surface area contributed by atoms with Crippen LogP contribution in [0.4, 0.5) is 0 Å². The first-order chi connectivity index (χ1) is 25.8. The molecule has 0 aromatic carbocycles. The number of ether oxygens (including phenoxy) is 2. The van der Waals surface area contributed by atoms with Crippen molar-refractivity contribution in [1.82, 2.24) is 0 Å². The summed E-state index contributed by atoms with van der Waals surface area (Å²) in [5, 5.41) is 0. The summed E-state index contributed by atoms with van der Waals surface area (Å²) in [6.45, 7) is 3.43. The quantitative estimate of drug-likeness (QED) is 0.0215. The molecule has 0 fully saturated rings. The molecule has 0 aliphatic rings. The van der Waals surface area contributed by atoms with Crippen LogP contribution in [0.25, 0.3) is 0 Å². The Labute approximate surface area is 322 Å². The van der Waals surface area contributed by atoms with Gasteiger partial charge in [-0.05, 0) is 64.2 Å². The number of esters is 2. The molecule has 0 bridgehead atoms. The lowest BCUT2D eigenvalue weighted by molar-refractivity contribution is -0.161. The van der Waals surface area contributed by atoms with E-state index in [2.05, 4.69) is 60.9 Å². The maximum absolute atomic E-state index is 12.3. The zero-order chi connectivity index (χ0) is 38.9. The molecule has 0 amide bonds. The van der Waals surface area contributed by atoms with Crippen LogP contribution >= 0.6 is 7.82 Å². The molecule has 0 aromatic heterocycles. The van der Waals surface area contributed by atoms with Crippen molar-refractivity contribution in [2.24, 2.45) is 0 Å². The molecule has 1 atom stereocenters. The van der Waals surface area contributed by atoms with Crippen molar-refractivity contribution >= 4 is 19.8 Å². The average molecular weight is 759 g/mol. The Kier molecular flexibility index (Phi) is 36.5. The summed E-state index contributed by atoms with van der Waals surface area (Å²) in [6.07, 6.45) is 52.8. The van der Waals surface area contributed by atoms with E-state index in [1.54, 1.807) is 0 Å². The number of phosphoric ester groups is 1. The van der Waals surface area contributed by atoms with Crippen molar-refractivity contribution in [3.8, 4) is 0 Å². The molecule has 0 rings (SSSR count). The standard InChI is InChI=1S/C44H71O8P/c1-3-5-7-9-11-13-15-17-18-19-20-21-22-23-24-25-27-28-30-32-34-36-38-43(45)50-40-42(41-51-53(47,48)49)52-44(46)39-37-35-33-31-29-26-16-14-12-10-8-6-4-2/h6,8,10-14,16-18,20-21,26,29,31,33,42H,3-5,7,9,15,19,22-25,27-28,30,32,34-41H2,1-2H3,(H2,47,48,49)/b8-6+,12-10+,13-11+,16-14+,18-17+,21-20+,29-26+,33-31+. The van der Waals surface area contributed by atoms with Crippen LogP contribution in [-0.2, 0) is 28.2 Å². The van der Waals surface area contributed by atoms with Crippen molar-refractivity contribution in [1.29, 1.82) is 0 Å². The zero-order valence-corrected chi connectivity index (χ0v) is 33.8. The number of phosphoric acid groups is 1. The van der Waals surface area contributed by atoms with Gasteiger partial charge in [0.05, 0.1) is 6.61 Å². The van der Waals surface area contributed by atoms with Gasteiger partial charge in [0, 0.05) is 12.8 Å². The molecule has 53 heavy (non-hydrogen) atoms. The van der Waals surface area contributed by atoms with Crippen molar-refractivity contribution in [2.45, 2.75) is 155 Å². The molecule has 8 nitrogen and oxygen atoms in total. The number of allylic oxidation sites excluding steroid dienone is 16. The molecule has 0 saturated carbocycles. The summed E-state index contributed by atoms with van der Waals surface area (Å²) in [4.78, 5) is 42.7. The second-order valence-corrected chi connectivity index (χ2v) is 14.2. The molecular weight excluding hydrogens is 687 g/mol. The van der Waals surface area contributed by atoms with Gasteiger partial charge in [-0.3, -0.25) is 14.1 Å². The number of rotatable bonds is 35. The van der Waals surface area contributed by atoms with E-state index in [4.69, 9.17) is 19.3 Å². The van der Waals surface area contributed by atoms with Crippen LogP contribution in [0.1, 0.15) is 149 Å². The number of unbranched alkanes of at least 4 members (excludes halogenated alkanes) is 13. The highest BCUT2D eigenvalue weighted by atomic mass is 31.2. The summed E-state index contributed by atoms with van der Waals surface area (Å²) < 4.78 is 26.2. The first kappa shape index (κ1) is 50.0. The van der Waals surface area contributed by atoms with Crippen LogP contribution in [0.2, 0.25) is 0 Å². The van der Waals surface area contributed by atoms with Gasteiger partial charge in [0.15, 0.2) is 6.10 Å². The third-order valence-corrected chi connectivity index (χ3v) is 8.45. The average Bonchev–Trinajstić information content (AvgIpc) is 3.13. The Morgan fingerprint density at radius 1 is 0.528 bits per heavy atom. The molecule has 300 valence electrons. The molecule has 1 unspecified atom stereocenters. The van der Waals surface area contributed by atoms with Crippen molar-refractivity contribution in [2.75, 3.05) is 13.2 Å². The lowest BCUT2D eigenvalue weighted by atomic mass is 10.1. The van der Waals surface area contributed by atoms with Crippen molar-refractivity contribution in [3.05, 3.63) is 97.2 Å². The van der Waals surface area contributed by atoms with E-state index in [9.17, 15) is 14.2 Å². The maximum atomic E-state index is 12.3. The van der Waals surface area contributed by atoms with Gasteiger partial charge in [0.1, 0.15) is 6.61 Å². The van der Waals surface area contributed by atoms with E-state index in [0.29, 0.717) is 19.3 Å². The van der Waals surface area contributed by atoms with Gasteiger partial charge in [-0.15, -0.1) is 0 Å². The first-order valence-corrected chi connectivity index (χ1v) is 21.6. The Hall–Kier alpha value is -3.03. The lowest BCUT2D eigenvalue weighted by Crippen LogP contribution is -2.29. The second kappa shape index (κ2) is 38.7. The fraction of sp³-hybridized carbons (Fsp3) is 0.591. The van der Waals surface area contributed by atoms with Crippen LogP contribution < -0.4 is 0 Å². The molecule has 0 radical (unpaired) electrons. The van der Waals surface area contributed by atoms with Gasteiger partial charge in [-0.25, -0.2) is 4.57 Å². The molecule has 0 aromatic rings. The van der Waals surface area contributed by atoms with Gasteiger partial charge >= 0.3 is 19.8 Å². The van der Waals surface area contributed by atoms with Crippen LogP contribution in [0.15, 0.2) is 97.2 Å². The molecular formula is C44H71O8P. The third kappa shape index (κ3) is 41.6. The maximum Gasteiger partial charge on any atom is 0.469 e. The van der Waals surface area contributed by atoms with Gasteiger partial charge in [-0.1, -0.05) is 169 Å². The Morgan fingerprint density at radius 2 is 1.00 bits per heavy atom. The highest BCUT2D eigenvalue weighted by Gasteiger charge is 2.22. The van der Waals surface area contributed by atoms with Crippen molar-refractivity contribution in [3.63, 3.8) is 0 Å². The number of carbonyl (C=O) groups excluding carboxylic acids is 2. The predicted molar refractivity (Wildman–Crippen MR) is 220 cm³/mol. The van der Waals surface area contributed by atoms with E-state index in [1.807, 2.05) is 54.7 Å². The fourth-order valence-electron chi connectivity index (χ4n) is 5.00. The monoisotopic (exact) mass is 758 g/mol. The minimum atomic E-state index is -4.78. The molecule has 0 aliphatic carbocycles. The summed E-state index contributed by atoms with van der Waals surface area (Å²) in [7, 11) is -4.78. The first-order valence-electron chi connectivity index (χ1n) is 20.1. The SMILES string of the molecule is CC/C=C/C=C/C=C/C=C/C=C/CCCC(=O)OC(COC(=O)CCCCCCCCCCC/C=C/C/C=C/C/C=C/CCCCC)COP(=O)(O)O. The van der Waals surface area contributed by atoms with E-state index < -0.39 is 32.5 Å². The topological polar surface area (TPSA) is 119 Å². The van der Waals surface area contributed by atoms with Gasteiger partial charge in [0.2, 0.25) is 0 Å². The summed E-state index contributed by atoms with van der Waals surface area (Å²) >= 11 is 0. The highest BCUT2D eigenvalue weighted by molar-refractivity contribution is 7.46. The largest absolute Gasteiger partial charge is 0.469 e. The van der Waals surface area contributed by atoms with E-state index in [0.717, 1.165) is 44.9 Å². The van der Waals surface area contributed by atoms with E-state index in [-0.39, 0.29) is 19.4 Å². The zero-order valence-electron chi connectivity index (χ0n) is 32.9. The number of hydrogen-bond acceptors (Lipinski definition) is 6. The van der Waals surface area contributed by atoms with Gasteiger partial charge < -0.3 is 19.3 Å². The molecule has 0 spiro atoms. The summed E-state index contributed by atoms with van der Waals surface area (Å²) in [6, 6.07) is 0. The second-order valence-electron chi connectivity index (χ2n) is 13.0. The Balaban J connectivity index is 4.01. The van der Waals surface area contributed by atoms with Crippen molar-refractivity contribution < 1.29 is 37.9 Å². The Morgan fingerprint density at radius 3 is 1.57 bits per heavy atom. The van der Waals surface area contributed by atoms with Crippen LogP contribution in [0.5, 0.6) is 0 Å². The fourth-order valence-corrected chi connectivity index (χ4v) is 5.36. The van der Waals surface area contributed by atoms with Gasteiger partial charge in [-0.2, -0.15) is 0 Å². The summed E-state index contributed by atoms with van der Waals surface area (Å²) in [5.41, 5.74) is 0. The summed E-state index contributed by atoms with van der Waals surface area (Å²) in [5.74, 6) is -0.988. The molecule has 0 aliphatic heterocycles. The minimum Gasteiger partial charge on any atom is -0.462 e. The van der Waals surface area contributed by atoms with E-state index in [1.165, 1.54) is 57.8 Å². The van der Waals surface area contributed by atoms with Crippen LogP contribution in [-0.4, -0.2) is 41.0 Å². The minimum absolute atomic E-state index is 0.109. The normalized spacial score (nSPS) is 13.5. The van der Waals surface area contributed by atoms with E-state index >= 15 is 0 Å². The molecule has 0 saturated heterocycles. The molecule has 2 N–H and O–H groups in total. The lowest BCUT2D eigenvalue weighted by Gasteiger charge is -2.18. The Bertz CT molecular complexity index is 1170. The number of hydrogen-bond donors (Lipinski definition) is 2. The third-order valence-electron chi connectivity index (χ3n) is 7.96. The van der Waals surface area contributed by atoms with Crippen LogP contribution in [0.3, 0.4) is 0 Å². The van der Waals surface area contributed by atoms with Crippen LogP contribution in [0, 0.1) is 0 Å². The highest BCUT2D eigenvalue weighted by Crippen LogP contribution is 2.36. The smallest absolute Gasteiger partial charge is 0.462 e. The molecule has 0 heterocycles. The number of carbonyl (C=O) groups is 2. The molecule has 9 heteroatoms. The predicted octanol–water partition coefficient (Wildman–Crippen LogP) is 12.2. The van der Waals surface area contributed by atoms with Gasteiger partial charge in [0.25, 0.3) is 0 Å².